The Hall–Kier alpha value is -0.880. The molecule has 3 N–H and O–H groups in total. The molecule has 6 heteroatoms. The minimum Gasteiger partial charge on any atom is -0.334 e. The largest absolute Gasteiger partial charge is 0.334 e. The predicted octanol–water partition coefficient (Wildman–Crippen LogP) is 2.87. The second kappa shape index (κ2) is 5.84. The highest BCUT2D eigenvalue weighted by Crippen LogP contribution is 2.29. The van der Waals surface area contributed by atoms with Gasteiger partial charge in [-0.1, -0.05) is 33.6 Å². The number of nitrogens with zero attached hydrogens (tertiary/aromatic N) is 2. The SMILES string of the molecule is CCn1ccnc1C(NN)c1ccc(Cl)cc1Br. The number of nitrogens with one attached hydrogen (secondary N) is 1. The lowest BCUT2D eigenvalue weighted by molar-refractivity contribution is 0.559. The van der Waals surface area contributed by atoms with Gasteiger partial charge in [0.25, 0.3) is 0 Å². The third kappa shape index (κ3) is 2.59. The predicted molar refractivity (Wildman–Crippen MR) is 76.2 cm³/mol. The highest BCUT2D eigenvalue weighted by Gasteiger charge is 2.19. The average molecular weight is 330 g/mol. The molecule has 18 heavy (non-hydrogen) atoms. The normalized spacial score (nSPS) is 12.7. The zero-order valence-electron chi connectivity index (χ0n) is 9.90. The van der Waals surface area contributed by atoms with Gasteiger partial charge in [-0.3, -0.25) is 5.84 Å². The maximum atomic E-state index is 5.95. The molecule has 2 rings (SSSR count). The smallest absolute Gasteiger partial charge is 0.131 e. The molecule has 0 spiro atoms. The van der Waals surface area contributed by atoms with Crippen LogP contribution in [0.25, 0.3) is 0 Å². The number of hydrazine groups is 1. The van der Waals surface area contributed by atoms with Crippen LogP contribution in [0.2, 0.25) is 5.02 Å². The second-order valence-electron chi connectivity index (χ2n) is 3.84. The van der Waals surface area contributed by atoms with Crippen LogP contribution in [0.4, 0.5) is 0 Å². The van der Waals surface area contributed by atoms with E-state index in [0.717, 1.165) is 22.4 Å². The molecular formula is C12H14BrClN4. The number of hydrogen-bond donors (Lipinski definition) is 2. The van der Waals surface area contributed by atoms with E-state index in [2.05, 4.69) is 33.3 Å². The molecular weight excluding hydrogens is 316 g/mol. The van der Waals surface area contributed by atoms with Crippen molar-refractivity contribution in [3.63, 3.8) is 0 Å². The first-order valence-electron chi connectivity index (χ1n) is 5.59. The van der Waals surface area contributed by atoms with Crippen LogP contribution in [0.5, 0.6) is 0 Å². The summed E-state index contributed by atoms with van der Waals surface area (Å²) in [5.74, 6) is 6.55. The van der Waals surface area contributed by atoms with Gasteiger partial charge in [0.15, 0.2) is 0 Å². The Morgan fingerprint density at radius 1 is 1.56 bits per heavy atom. The van der Waals surface area contributed by atoms with Crippen LogP contribution in [0, 0.1) is 0 Å². The highest BCUT2D eigenvalue weighted by atomic mass is 79.9. The molecule has 1 aromatic carbocycles. The lowest BCUT2D eigenvalue weighted by Gasteiger charge is -2.18. The Morgan fingerprint density at radius 2 is 2.33 bits per heavy atom. The molecule has 1 aromatic heterocycles. The Balaban J connectivity index is 2.45. The van der Waals surface area contributed by atoms with Crippen molar-refractivity contribution in [3.05, 3.63) is 51.5 Å². The highest BCUT2D eigenvalue weighted by molar-refractivity contribution is 9.10. The van der Waals surface area contributed by atoms with Gasteiger partial charge in [-0.15, -0.1) is 0 Å². The van der Waals surface area contributed by atoms with Crippen molar-refractivity contribution in [2.75, 3.05) is 0 Å². The number of hydrogen-bond acceptors (Lipinski definition) is 3. The van der Waals surface area contributed by atoms with Gasteiger partial charge in [0.05, 0.1) is 0 Å². The van der Waals surface area contributed by atoms with Gasteiger partial charge >= 0.3 is 0 Å². The Labute approximate surface area is 119 Å². The van der Waals surface area contributed by atoms with E-state index >= 15 is 0 Å². The number of imidazole rings is 1. The Kier molecular flexibility index (Phi) is 4.40. The molecule has 96 valence electrons. The summed E-state index contributed by atoms with van der Waals surface area (Å²) in [6.07, 6.45) is 3.70. The van der Waals surface area contributed by atoms with Gasteiger partial charge in [0, 0.05) is 28.4 Å². The Morgan fingerprint density at radius 3 is 2.94 bits per heavy atom. The molecule has 0 fully saturated rings. The number of benzene rings is 1. The summed E-state index contributed by atoms with van der Waals surface area (Å²) < 4.78 is 2.95. The van der Waals surface area contributed by atoms with E-state index in [9.17, 15) is 0 Å². The van der Waals surface area contributed by atoms with Crippen molar-refractivity contribution in [1.82, 2.24) is 15.0 Å². The van der Waals surface area contributed by atoms with Crippen LogP contribution in [0.3, 0.4) is 0 Å². The molecule has 0 aliphatic carbocycles. The first-order chi connectivity index (χ1) is 8.67. The minimum absolute atomic E-state index is 0.174. The van der Waals surface area contributed by atoms with Crippen LogP contribution in [0.1, 0.15) is 24.4 Å². The van der Waals surface area contributed by atoms with E-state index in [1.165, 1.54) is 0 Å². The van der Waals surface area contributed by atoms with Crippen molar-refractivity contribution < 1.29 is 0 Å². The molecule has 0 saturated heterocycles. The molecule has 0 radical (unpaired) electrons. The summed E-state index contributed by atoms with van der Waals surface area (Å²) in [6.45, 7) is 2.91. The van der Waals surface area contributed by atoms with Gasteiger partial charge < -0.3 is 4.57 Å². The van der Waals surface area contributed by atoms with Crippen molar-refractivity contribution in [1.29, 1.82) is 0 Å². The quantitative estimate of drug-likeness (QED) is 0.670. The molecule has 1 unspecified atom stereocenters. The topological polar surface area (TPSA) is 55.9 Å². The minimum atomic E-state index is -0.174. The molecule has 0 amide bonds. The van der Waals surface area contributed by atoms with Crippen molar-refractivity contribution in [2.24, 2.45) is 5.84 Å². The lowest BCUT2D eigenvalue weighted by Crippen LogP contribution is -2.31. The third-order valence-electron chi connectivity index (χ3n) is 2.79. The van der Waals surface area contributed by atoms with Crippen LogP contribution in [-0.4, -0.2) is 9.55 Å². The van der Waals surface area contributed by atoms with E-state index in [1.54, 1.807) is 6.20 Å². The van der Waals surface area contributed by atoms with Crippen molar-refractivity contribution >= 4 is 27.5 Å². The number of rotatable bonds is 4. The molecule has 0 aliphatic heterocycles. The average Bonchev–Trinajstić information content (AvgIpc) is 2.81. The molecule has 0 saturated carbocycles. The monoisotopic (exact) mass is 328 g/mol. The van der Waals surface area contributed by atoms with E-state index < -0.39 is 0 Å². The fraction of sp³-hybridized carbons (Fsp3) is 0.250. The summed E-state index contributed by atoms with van der Waals surface area (Å²) in [4.78, 5) is 4.36. The number of halogens is 2. The van der Waals surface area contributed by atoms with Gasteiger partial charge in [0.1, 0.15) is 11.9 Å². The van der Waals surface area contributed by atoms with Crippen molar-refractivity contribution in [2.45, 2.75) is 19.5 Å². The van der Waals surface area contributed by atoms with Crippen LogP contribution >= 0.6 is 27.5 Å². The molecule has 0 aliphatic rings. The van der Waals surface area contributed by atoms with E-state index in [1.807, 2.05) is 29.0 Å². The van der Waals surface area contributed by atoms with Crippen LogP contribution in [0.15, 0.2) is 35.1 Å². The van der Waals surface area contributed by atoms with Gasteiger partial charge in [0.2, 0.25) is 0 Å². The third-order valence-corrected chi connectivity index (χ3v) is 3.71. The molecule has 4 nitrogen and oxygen atoms in total. The van der Waals surface area contributed by atoms with E-state index in [-0.39, 0.29) is 6.04 Å². The lowest BCUT2D eigenvalue weighted by atomic mass is 10.1. The van der Waals surface area contributed by atoms with Crippen LogP contribution < -0.4 is 11.3 Å². The summed E-state index contributed by atoms with van der Waals surface area (Å²) in [6, 6.07) is 5.45. The molecule has 1 atom stereocenters. The Bertz CT molecular complexity index is 541. The van der Waals surface area contributed by atoms with E-state index in [4.69, 9.17) is 17.4 Å². The zero-order valence-corrected chi connectivity index (χ0v) is 12.2. The van der Waals surface area contributed by atoms with Crippen molar-refractivity contribution in [3.8, 4) is 0 Å². The fourth-order valence-electron chi connectivity index (χ4n) is 1.89. The van der Waals surface area contributed by atoms with E-state index in [0.29, 0.717) is 5.02 Å². The fourth-order valence-corrected chi connectivity index (χ4v) is 2.80. The van der Waals surface area contributed by atoms with Gasteiger partial charge in [-0.2, -0.15) is 0 Å². The zero-order chi connectivity index (χ0) is 13.1. The number of aromatic nitrogens is 2. The van der Waals surface area contributed by atoms with Crippen LogP contribution in [-0.2, 0) is 6.54 Å². The maximum Gasteiger partial charge on any atom is 0.131 e. The summed E-state index contributed by atoms with van der Waals surface area (Å²) >= 11 is 9.45. The first kappa shape index (κ1) is 13.5. The van der Waals surface area contributed by atoms with Gasteiger partial charge in [-0.25, -0.2) is 10.4 Å². The summed E-state index contributed by atoms with van der Waals surface area (Å²) in [7, 11) is 0. The molecule has 2 aromatic rings. The molecule has 0 bridgehead atoms. The molecule has 1 heterocycles. The summed E-state index contributed by atoms with van der Waals surface area (Å²) in [5, 5.41) is 0.681. The maximum absolute atomic E-state index is 5.95. The standard InChI is InChI=1S/C12H14BrClN4/c1-2-18-6-5-16-12(18)11(17-15)9-4-3-8(14)7-10(9)13/h3-7,11,17H,2,15H2,1H3. The number of aryl methyl sites for hydroxylation is 1. The number of nitrogens with two attached hydrogens (primary N) is 1. The summed E-state index contributed by atoms with van der Waals surface area (Å²) in [5.41, 5.74) is 3.80. The second-order valence-corrected chi connectivity index (χ2v) is 5.13. The van der Waals surface area contributed by atoms with Gasteiger partial charge in [-0.05, 0) is 24.6 Å². The first-order valence-corrected chi connectivity index (χ1v) is 6.76.